The van der Waals surface area contributed by atoms with Crippen LogP contribution in [0, 0.1) is 0 Å². The van der Waals surface area contributed by atoms with Crippen LogP contribution in [0.3, 0.4) is 0 Å². The molecule has 0 radical (unpaired) electrons. The van der Waals surface area contributed by atoms with Crippen LogP contribution in [-0.2, 0) is 28.9 Å². The fraction of sp³-hybridized carbons (Fsp3) is 0.516. The van der Waals surface area contributed by atoms with Gasteiger partial charge in [-0.3, -0.25) is 14.4 Å². The van der Waals surface area contributed by atoms with Crippen LogP contribution >= 0.6 is 0 Å². The summed E-state index contributed by atoms with van der Waals surface area (Å²) in [7, 11) is 0. The van der Waals surface area contributed by atoms with Gasteiger partial charge in [-0.2, -0.15) is 0 Å². The second-order valence-electron chi connectivity index (χ2n) is 9.87. The number of carbonyl (C=O) groups excluding carboxylic acids is 1. The van der Waals surface area contributed by atoms with Gasteiger partial charge in [0.15, 0.2) is 5.78 Å². The van der Waals surface area contributed by atoms with Crippen LogP contribution in [0.2, 0.25) is 0 Å². The van der Waals surface area contributed by atoms with Crippen molar-refractivity contribution < 1.29 is 38.8 Å². The molecule has 0 spiro atoms. The third kappa shape index (κ3) is 9.61. The second-order valence-corrected chi connectivity index (χ2v) is 9.87. The fourth-order valence-electron chi connectivity index (χ4n) is 4.77. The number of ketones is 1. The second kappa shape index (κ2) is 15.8. The number of rotatable bonds is 18. The number of Topliss-reactive ketones (excluding diaryl/α,β-unsaturated/α-hetero) is 1. The number of fused-ring (bicyclic) bond motifs is 1. The van der Waals surface area contributed by atoms with Gasteiger partial charge in [0.25, 0.3) is 0 Å². The lowest BCUT2D eigenvalue weighted by atomic mass is 9.97. The van der Waals surface area contributed by atoms with E-state index in [1.807, 2.05) is 30.3 Å². The minimum Gasteiger partial charge on any atom is -0.494 e. The van der Waals surface area contributed by atoms with Gasteiger partial charge in [0.05, 0.1) is 25.4 Å². The molecule has 0 aromatic heterocycles. The molecule has 0 bridgehead atoms. The monoisotopic (exact) mass is 540 g/mol. The number of aryl methyl sites for hydroxylation is 2. The Morgan fingerprint density at radius 1 is 0.846 bits per heavy atom. The lowest BCUT2D eigenvalue weighted by Gasteiger charge is -2.22. The van der Waals surface area contributed by atoms with Crippen LogP contribution in [0.4, 0.5) is 0 Å². The summed E-state index contributed by atoms with van der Waals surface area (Å²) in [5.41, 5.74) is 3.75. The van der Waals surface area contributed by atoms with Crippen LogP contribution in [0.15, 0.2) is 30.3 Å². The first-order chi connectivity index (χ1) is 18.9. The number of ether oxygens (including phenoxy) is 3. The average Bonchev–Trinajstić information content (AvgIpc) is 2.91. The normalized spacial score (nSPS) is 12.5. The van der Waals surface area contributed by atoms with Crippen molar-refractivity contribution in [2.45, 2.75) is 84.0 Å². The van der Waals surface area contributed by atoms with Gasteiger partial charge in [-0.15, -0.1) is 0 Å². The zero-order valence-corrected chi connectivity index (χ0v) is 22.8. The van der Waals surface area contributed by atoms with Crippen molar-refractivity contribution in [3.8, 4) is 17.2 Å². The molecule has 0 amide bonds. The molecule has 0 atom stereocenters. The van der Waals surface area contributed by atoms with Crippen LogP contribution in [0.1, 0.15) is 91.8 Å². The molecule has 2 aromatic carbocycles. The zero-order valence-electron chi connectivity index (χ0n) is 22.8. The van der Waals surface area contributed by atoms with E-state index in [1.54, 1.807) is 0 Å². The summed E-state index contributed by atoms with van der Waals surface area (Å²) in [5.74, 6) is 0.576. The number of aliphatic carboxylic acids is 2. The Morgan fingerprint density at radius 2 is 1.62 bits per heavy atom. The van der Waals surface area contributed by atoms with E-state index in [2.05, 4.69) is 6.92 Å². The summed E-state index contributed by atoms with van der Waals surface area (Å²) in [4.78, 5) is 34.0. The Balaban J connectivity index is 1.45. The Hall–Kier alpha value is -3.55. The highest BCUT2D eigenvalue weighted by Gasteiger charge is 2.23. The summed E-state index contributed by atoms with van der Waals surface area (Å²) in [5, 5.41) is 17.9. The number of benzene rings is 2. The lowest BCUT2D eigenvalue weighted by molar-refractivity contribution is -0.138. The summed E-state index contributed by atoms with van der Waals surface area (Å²) < 4.78 is 17.6. The number of hydrogen-bond acceptors (Lipinski definition) is 6. The van der Waals surface area contributed by atoms with Gasteiger partial charge >= 0.3 is 11.9 Å². The molecule has 8 heteroatoms. The molecule has 0 saturated heterocycles. The van der Waals surface area contributed by atoms with Gasteiger partial charge in [-0.05, 0) is 73.9 Å². The molecule has 1 heterocycles. The first-order valence-electron chi connectivity index (χ1n) is 14.0. The van der Waals surface area contributed by atoms with Gasteiger partial charge in [0, 0.05) is 24.8 Å². The summed E-state index contributed by atoms with van der Waals surface area (Å²) in [6.45, 7) is 3.43. The Morgan fingerprint density at radius 3 is 2.38 bits per heavy atom. The first kappa shape index (κ1) is 30.0. The Kier molecular flexibility index (Phi) is 12.1. The molecule has 3 rings (SSSR count). The quantitative estimate of drug-likeness (QED) is 0.219. The van der Waals surface area contributed by atoms with Gasteiger partial charge in [0.2, 0.25) is 0 Å². The van der Waals surface area contributed by atoms with Crippen molar-refractivity contribution in [2.75, 3.05) is 19.8 Å². The van der Waals surface area contributed by atoms with Gasteiger partial charge in [-0.1, -0.05) is 32.3 Å². The molecule has 0 aliphatic carbocycles. The van der Waals surface area contributed by atoms with E-state index in [1.165, 1.54) is 0 Å². The molecule has 2 aromatic rings. The van der Waals surface area contributed by atoms with Crippen molar-refractivity contribution >= 4 is 17.7 Å². The first-order valence-corrected chi connectivity index (χ1v) is 14.0. The predicted molar refractivity (Wildman–Crippen MR) is 147 cm³/mol. The van der Waals surface area contributed by atoms with Crippen LogP contribution in [0.5, 0.6) is 17.2 Å². The maximum absolute atomic E-state index is 12.2. The van der Waals surface area contributed by atoms with E-state index in [0.717, 1.165) is 67.4 Å². The number of carbonyl (C=O) groups is 3. The molecule has 0 fully saturated rings. The maximum atomic E-state index is 12.2. The SMILES string of the molecule is CCCc1c(OCCCCCCc2ccc(OCCCC(=O)O)cc2CCC(=O)O)ccc2c1OCCC2=O. The number of carboxylic acid groups (broad SMARTS) is 2. The van der Waals surface area contributed by atoms with E-state index in [0.29, 0.717) is 56.1 Å². The maximum Gasteiger partial charge on any atom is 0.303 e. The zero-order chi connectivity index (χ0) is 28.0. The number of hydrogen-bond donors (Lipinski definition) is 2. The largest absolute Gasteiger partial charge is 0.494 e. The third-order valence-electron chi connectivity index (χ3n) is 6.78. The highest BCUT2D eigenvalue weighted by Crippen LogP contribution is 2.36. The van der Waals surface area contributed by atoms with Crippen LogP contribution in [-0.4, -0.2) is 47.8 Å². The van der Waals surface area contributed by atoms with E-state index >= 15 is 0 Å². The van der Waals surface area contributed by atoms with Gasteiger partial charge in [0.1, 0.15) is 17.2 Å². The van der Waals surface area contributed by atoms with Crippen molar-refractivity contribution in [3.05, 3.63) is 52.6 Å². The Bertz CT molecular complexity index is 1120. The molecular formula is C31H40O8. The van der Waals surface area contributed by atoms with Gasteiger partial charge in [-0.25, -0.2) is 0 Å². The van der Waals surface area contributed by atoms with Crippen molar-refractivity contribution in [1.82, 2.24) is 0 Å². The highest BCUT2D eigenvalue weighted by atomic mass is 16.5. The van der Waals surface area contributed by atoms with Crippen molar-refractivity contribution in [1.29, 1.82) is 0 Å². The summed E-state index contributed by atoms with van der Waals surface area (Å²) >= 11 is 0. The van der Waals surface area contributed by atoms with E-state index in [-0.39, 0.29) is 18.6 Å². The fourth-order valence-corrected chi connectivity index (χ4v) is 4.77. The van der Waals surface area contributed by atoms with Crippen molar-refractivity contribution in [3.63, 3.8) is 0 Å². The summed E-state index contributed by atoms with van der Waals surface area (Å²) in [6.07, 6.45) is 7.92. The molecule has 0 saturated carbocycles. The van der Waals surface area contributed by atoms with Crippen LogP contribution < -0.4 is 14.2 Å². The highest BCUT2D eigenvalue weighted by molar-refractivity contribution is 6.00. The van der Waals surface area contributed by atoms with E-state index < -0.39 is 11.9 Å². The molecule has 0 unspecified atom stereocenters. The smallest absolute Gasteiger partial charge is 0.303 e. The minimum absolute atomic E-state index is 0.0503. The minimum atomic E-state index is -0.852. The van der Waals surface area contributed by atoms with Crippen molar-refractivity contribution in [2.24, 2.45) is 0 Å². The third-order valence-corrected chi connectivity index (χ3v) is 6.78. The topological polar surface area (TPSA) is 119 Å². The molecule has 212 valence electrons. The van der Waals surface area contributed by atoms with Gasteiger partial charge < -0.3 is 24.4 Å². The molecular weight excluding hydrogens is 500 g/mol. The molecule has 8 nitrogen and oxygen atoms in total. The molecule has 39 heavy (non-hydrogen) atoms. The number of unbranched alkanes of at least 4 members (excludes halogenated alkanes) is 3. The molecule has 1 aliphatic rings. The molecule has 2 N–H and O–H groups in total. The molecule has 1 aliphatic heterocycles. The summed E-state index contributed by atoms with van der Waals surface area (Å²) in [6, 6.07) is 9.47. The predicted octanol–water partition coefficient (Wildman–Crippen LogP) is 6.05. The Labute approximate surface area is 230 Å². The van der Waals surface area contributed by atoms with E-state index in [4.69, 9.17) is 24.4 Å². The van der Waals surface area contributed by atoms with E-state index in [9.17, 15) is 14.4 Å². The average molecular weight is 541 g/mol. The number of carboxylic acids is 2. The van der Waals surface area contributed by atoms with Crippen LogP contribution in [0.25, 0.3) is 0 Å². The lowest BCUT2D eigenvalue weighted by Crippen LogP contribution is -2.17. The standard InChI is InChI=1S/C31H40O8/c1-2-8-26-28(15-14-25-27(32)17-20-39-31(25)26)38-18-6-4-3-5-9-22-11-13-24(37-19-7-10-29(33)34)21-23(22)12-16-30(35)36/h11,13-15,21H,2-10,12,16-20H2,1H3,(H,33,34)(H,35,36).